The van der Waals surface area contributed by atoms with E-state index in [9.17, 15) is 9.90 Å². The minimum Gasteiger partial charge on any atom is -0.480 e. The molecule has 0 aromatic carbocycles. The largest absolute Gasteiger partial charge is 0.480 e. The Hall–Kier alpha value is -0.650. The molecule has 0 bridgehead atoms. The van der Waals surface area contributed by atoms with Crippen molar-refractivity contribution in [3.8, 4) is 0 Å². The van der Waals surface area contributed by atoms with Gasteiger partial charge in [-0.3, -0.25) is 15.0 Å². The van der Waals surface area contributed by atoms with Gasteiger partial charge in [0.1, 0.15) is 5.54 Å². The summed E-state index contributed by atoms with van der Waals surface area (Å²) in [5.41, 5.74) is -0.819. The highest BCUT2D eigenvalue weighted by atomic mass is 16.5. The highest BCUT2D eigenvalue weighted by Gasteiger charge is 2.40. The van der Waals surface area contributed by atoms with Crippen molar-refractivity contribution in [1.82, 2.24) is 10.2 Å². The van der Waals surface area contributed by atoms with Gasteiger partial charge in [0.25, 0.3) is 0 Å². The van der Waals surface area contributed by atoms with Crippen LogP contribution in [0, 0.1) is 0 Å². The Morgan fingerprint density at radius 1 is 1.55 bits per heavy atom. The maximum atomic E-state index is 11.6. The van der Waals surface area contributed by atoms with E-state index < -0.39 is 11.5 Å². The number of ether oxygens (including phenoxy) is 1. The van der Waals surface area contributed by atoms with Crippen LogP contribution >= 0.6 is 0 Å². The van der Waals surface area contributed by atoms with Crippen LogP contribution in [0.3, 0.4) is 0 Å². The van der Waals surface area contributed by atoms with Crippen molar-refractivity contribution >= 4 is 5.97 Å². The molecule has 2 aliphatic rings. The van der Waals surface area contributed by atoms with Crippen LogP contribution < -0.4 is 5.32 Å². The van der Waals surface area contributed by atoms with E-state index in [4.69, 9.17) is 4.74 Å². The molecule has 0 amide bonds. The van der Waals surface area contributed by atoms with Crippen LogP contribution in [0.25, 0.3) is 0 Å². The predicted octanol–water partition coefficient (Wildman–Crippen LogP) is 1.47. The van der Waals surface area contributed by atoms with Gasteiger partial charge in [-0.2, -0.15) is 0 Å². The lowest BCUT2D eigenvalue weighted by molar-refractivity contribution is -0.145. The first-order valence-electron chi connectivity index (χ1n) is 7.81. The Morgan fingerprint density at radius 2 is 2.25 bits per heavy atom. The van der Waals surface area contributed by atoms with Crippen LogP contribution in [0.2, 0.25) is 0 Å². The Bertz CT molecular complexity index is 346. The third-order valence-corrected chi connectivity index (χ3v) is 4.52. The molecule has 20 heavy (non-hydrogen) atoms. The molecule has 2 fully saturated rings. The number of rotatable bonds is 7. The van der Waals surface area contributed by atoms with Crippen molar-refractivity contribution in [2.75, 3.05) is 19.7 Å². The molecule has 2 rings (SSSR count). The second kappa shape index (κ2) is 6.41. The summed E-state index contributed by atoms with van der Waals surface area (Å²) in [5.74, 6) is -0.739. The lowest BCUT2D eigenvalue weighted by atomic mass is 9.92. The third-order valence-electron chi connectivity index (χ3n) is 4.52. The standard InChI is InChI=1S/C15H28N2O3/c1-4-13-10-17(7-8-20-13)11(2)9-15(3,14(18)19)16-12-5-6-12/h11-13,16H,4-10H2,1-3H3,(H,18,19). The minimum absolute atomic E-state index is 0.250. The fourth-order valence-corrected chi connectivity index (χ4v) is 3.00. The van der Waals surface area contributed by atoms with Crippen molar-refractivity contribution in [2.24, 2.45) is 0 Å². The SMILES string of the molecule is CCC1CN(C(C)CC(C)(NC2CC2)C(=O)O)CCO1. The molecule has 1 aliphatic carbocycles. The second-order valence-electron chi connectivity index (χ2n) is 6.50. The Balaban J connectivity index is 1.93. The number of hydrogen-bond donors (Lipinski definition) is 2. The zero-order chi connectivity index (χ0) is 14.8. The summed E-state index contributed by atoms with van der Waals surface area (Å²) in [4.78, 5) is 14.0. The van der Waals surface area contributed by atoms with Crippen molar-refractivity contribution < 1.29 is 14.6 Å². The van der Waals surface area contributed by atoms with Gasteiger partial charge in [0.15, 0.2) is 0 Å². The topological polar surface area (TPSA) is 61.8 Å². The normalized spacial score (nSPS) is 28.9. The number of aliphatic carboxylic acids is 1. The van der Waals surface area contributed by atoms with Crippen LogP contribution in [-0.2, 0) is 9.53 Å². The summed E-state index contributed by atoms with van der Waals surface area (Å²) >= 11 is 0. The molecule has 0 spiro atoms. The van der Waals surface area contributed by atoms with E-state index >= 15 is 0 Å². The third kappa shape index (κ3) is 3.93. The van der Waals surface area contributed by atoms with E-state index in [0.29, 0.717) is 18.6 Å². The quantitative estimate of drug-likeness (QED) is 0.741. The first-order chi connectivity index (χ1) is 9.44. The molecule has 0 aromatic rings. The average Bonchev–Trinajstić information content (AvgIpc) is 3.22. The lowest BCUT2D eigenvalue weighted by Crippen LogP contribution is -2.56. The fraction of sp³-hybridized carbons (Fsp3) is 0.933. The first kappa shape index (κ1) is 15.7. The van der Waals surface area contributed by atoms with Gasteiger partial charge in [-0.25, -0.2) is 0 Å². The van der Waals surface area contributed by atoms with Crippen LogP contribution in [0.1, 0.15) is 46.5 Å². The molecule has 0 radical (unpaired) electrons. The molecule has 3 atom stereocenters. The summed E-state index contributed by atoms with van der Waals surface area (Å²) in [6.45, 7) is 8.65. The molecule has 5 nitrogen and oxygen atoms in total. The molecular formula is C15H28N2O3. The molecule has 5 heteroatoms. The first-order valence-corrected chi connectivity index (χ1v) is 7.81. The number of morpholine rings is 1. The van der Waals surface area contributed by atoms with Gasteiger partial charge in [0.2, 0.25) is 0 Å². The molecule has 116 valence electrons. The van der Waals surface area contributed by atoms with Gasteiger partial charge < -0.3 is 9.84 Å². The van der Waals surface area contributed by atoms with Crippen molar-refractivity contribution in [3.05, 3.63) is 0 Å². The number of carboxylic acid groups (broad SMARTS) is 1. The van der Waals surface area contributed by atoms with Gasteiger partial charge >= 0.3 is 5.97 Å². The van der Waals surface area contributed by atoms with E-state index in [0.717, 1.165) is 39.0 Å². The number of nitrogens with zero attached hydrogens (tertiary/aromatic N) is 1. The number of hydrogen-bond acceptors (Lipinski definition) is 4. The monoisotopic (exact) mass is 284 g/mol. The van der Waals surface area contributed by atoms with E-state index in [1.807, 2.05) is 6.92 Å². The van der Waals surface area contributed by atoms with E-state index in [2.05, 4.69) is 24.1 Å². The maximum Gasteiger partial charge on any atom is 0.323 e. The molecule has 1 saturated heterocycles. The number of carbonyl (C=O) groups is 1. The summed E-state index contributed by atoms with van der Waals surface area (Å²) in [6, 6.07) is 0.650. The van der Waals surface area contributed by atoms with Crippen LogP contribution in [0.4, 0.5) is 0 Å². The van der Waals surface area contributed by atoms with Gasteiger partial charge in [0, 0.05) is 25.2 Å². The predicted molar refractivity (Wildman–Crippen MR) is 77.9 cm³/mol. The molecule has 1 heterocycles. The molecule has 2 N–H and O–H groups in total. The average molecular weight is 284 g/mol. The fourth-order valence-electron chi connectivity index (χ4n) is 3.00. The second-order valence-corrected chi connectivity index (χ2v) is 6.50. The van der Waals surface area contributed by atoms with E-state index in [1.54, 1.807) is 0 Å². The Labute approximate surface area is 121 Å². The highest BCUT2D eigenvalue weighted by Crippen LogP contribution is 2.26. The number of carboxylic acids is 1. The molecule has 1 saturated carbocycles. The maximum absolute atomic E-state index is 11.6. The van der Waals surface area contributed by atoms with Gasteiger partial charge in [0.05, 0.1) is 12.7 Å². The van der Waals surface area contributed by atoms with Crippen molar-refractivity contribution in [2.45, 2.75) is 70.2 Å². The highest BCUT2D eigenvalue weighted by molar-refractivity contribution is 5.78. The van der Waals surface area contributed by atoms with Gasteiger partial charge in [-0.1, -0.05) is 6.92 Å². The summed E-state index contributed by atoms with van der Waals surface area (Å²) in [5, 5.41) is 12.9. The Kier molecular flexibility index (Phi) is 5.04. The molecule has 0 aromatic heterocycles. The summed E-state index contributed by atoms with van der Waals surface area (Å²) in [7, 11) is 0. The van der Waals surface area contributed by atoms with Crippen molar-refractivity contribution in [1.29, 1.82) is 0 Å². The van der Waals surface area contributed by atoms with Gasteiger partial charge in [-0.15, -0.1) is 0 Å². The zero-order valence-electron chi connectivity index (χ0n) is 12.9. The lowest BCUT2D eigenvalue weighted by Gasteiger charge is -2.39. The van der Waals surface area contributed by atoms with E-state index in [-0.39, 0.29) is 6.04 Å². The van der Waals surface area contributed by atoms with Gasteiger partial charge in [-0.05, 0) is 39.5 Å². The van der Waals surface area contributed by atoms with E-state index in [1.165, 1.54) is 0 Å². The molecular weight excluding hydrogens is 256 g/mol. The zero-order valence-corrected chi connectivity index (χ0v) is 12.9. The minimum atomic E-state index is -0.819. The van der Waals surface area contributed by atoms with Crippen LogP contribution in [-0.4, -0.2) is 59.4 Å². The van der Waals surface area contributed by atoms with Crippen molar-refractivity contribution in [3.63, 3.8) is 0 Å². The Morgan fingerprint density at radius 3 is 2.80 bits per heavy atom. The molecule has 3 unspecified atom stereocenters. The number of nitrogens with one attached hydrogen (secondary N) is 1. The van der Waals surface area contributed by atoms with Crippen LogP contribution in [0.5, 0.6) is 0 Å². The summed E-state index contributed by atoms with van der Waals surface area (Å²) in [6.07, 6.45) is 4.15. The summed E-state index contributed by atoms with van der Waals surface area (Å²) < 4.78 is 5.69. The smallest absolute Gasteiger partial charge is 0.323 e. The molecule has 1 aliphatic heterocycles. The van der Waals surface area contributed by atoms with Crippen LogP contribution in [0.15, 0.2) is 0 Å².